The highest BCUT2D eigenvalue weighted by Gasteiger charge is 2.15. The molecule has 0 aliphatic carbocycles. The summed E-state index contributed by atoms with van der Waals surface area (Å²) < 4.78 is 0. The summed E-state index contributed by atoms with van der Waals surface area (Å²) in [5.74, 6) is 0. The van der Waals surface area contributed by atoms with Crippen molar-refractivity contribution in [3.8, 4) is 0 Å². The second-order valence-electron chi connectivity index (χ2n) is 4.75. The SMILES string of the molecule is C=C(C)c1ccc(CN2CCN(C)C2)cc1. The first kappa shape index (κ1) is 11.4. The van der Waals surface area contributed by atoms with E-state index in [1.165, 1.54) is 24.2 Å². The van der Waals surface area contributed by atoms with Crippen LogP contribution in [-0.2, 0) is 6.54 Å². The van der Waals surface area contributed by atoms with Gasteiger partial charge < -0.3 is 0 Å². The zero-order valence-electron chi connectivity index (χ0n) is 10.2. The molecule has 2 heteroatoms. The first-order chi connectivity index (χ1) is 7.65. The Hall–Kier alpha value is -1.12. The van der Waals surface area contributed by atoms with Gasteiger partial charge in [0, 0.05) is 19.6 Å². The Labute approximate surface area is 98.2 Å². The quantitative estimate of drug-likeness (QED) is 0.765. The van der Waals surface area contributed by atoms with Crippen molar-refractivity contribution in [2.45, 2.75) is 13.5 Å². The highest BCUT2D eigenvalue weighted by atomic mass is 15.4. The number of likely N-dealkylation sites (N-methyl/N-ethyl adjacent to an activating group) is 1. The summed E-state index contributed by atoms with van der Waals surface area (Å²) in [6.07, 6.45) is 0. The monoisotopic (exact) mass is 216 g/mol. The Kier molecular flexibility index (Phi) is 3.42. The third-order valence-corrected chi connectivity index (χ3v) is 3.09. The Morgan fingerprint density at radius 1 is 1.25 bits per heavy atom. The minimum Gasteiger partial charge on any atom is -0.292 e. The van der Waals surface area contributed by atoms with Crippen LogP contribution >= 0.6 is 0 Å². The second kappa shape index (κ2) is 4.81. The summed E-state index contributed by atoms with van der Waals surface area (Å²) in [6, 6.07) is 8.75. The van der Waals surface area contributed by atoms with Gasteiger partial charge in [-0.2, -0.15) is 0 Å². The molecule has 0 unspecified atom stereocenters. The average molecular weight is 216 g/mol. The van der Waals surface area contributed by atoms with Gasteiger partial charge in [-0.15, -0.1) is 0 Å². The number of hydrogen-bond acceptors (Lipinski definition) is 2. The molecule has 0 bridgehead atoms. The van der Waals surface area contributed by atoms with Gasteiger partial charge in [-0.05, 0) is 25.1 Å². The standard InChI is InChI=1S/C14H20N2/c1-12(2)14-6-4-13(5-7-14)10-16-9-8-15(3)11-16/h4-7H,1,8-11H2,2-3H3. The molecule has 0 amide bonds. The number of benzene rings is 1. The topological polar surface area (TPSA) is 6.48 Å². The van der Waals surface area contributed by atoms with Crippen LogP contribution in [0, 0.1) is 0 Å². The zero-order chi connectivity index (χ0) is 11.5. The van der Waals surface area contributed by atoms with Crippen molar-refractivity contribution in [2.75, 3.05) is 26.8 Å². The Bertz CT molecular complexity index is 367. The van der Waals surface area contributed by atoms with E-state index in [0.717, 1.165) is 18.8 Å². The lowest BCUT2D eigenvalue weighted by atomic mass is 10.1. The van der Waals surface area contributed by atoms with E-state index in [1.807, 2.05) is 6.92 Å². The zero-order valence-corrected chi connectivity index (χ0v) is 10.2. The van der Waals surface area contributed by atoms with Crippen molar-refractivity contribution >= 4 is 5.57 Å². The lowest BCUT2D eigenvalue weighted by Gasteiger charge is -2.15. The maximum atomic E-state index is 3.95. The van der Waals surface area contributed by atoms with Gasteiger partial charge in [-0.3, -0.25) is 9.80 Å². The van der Waals surface area contributed by atoms with E-state index in [9.17, 15) is 0 Å². The van der Waals surface area contributed by atoms with Crippen molar-refractivity contribution in [3.63, 3.8) is 0 Å². The molecule has 16 heavy (non-hydrogen) atoms. The molecule has 2 rings (SSSR count). The summed E-state index contributed by atoms with van der Waals surface area (Å²) in [6.45, 7) is 10.5. The third kappa shape index (κ3) is 2.71. The fourth-order valence-corrected chi connectivity index (χ4v) is 2.08. The highest BCUT2D eigenvalue weighted by Crippen LogP contribution is 2.14. The fourth-order valence-electron chi connectivity index (χ4n) is 2.08. The van der Waals surface area contributed by atoms with Crippen LogP contribution in [0.1, 0.15) is 18.1 Å². The van der Waals surface area contributed by atoms with Crippen LogP contribution in [0.15, 0.2) is 30.8 Å². The smallest absolute Gasteiger partial charge is 0.0507 e. The summed E-state index contributed by atoms with van der Waals surface area (Å²) in [4.78, 5) is 4.82. The summed E-state index contributed by atoms with van der Waals surface area (Å²) >= 11 is 0. The van der Waals surface area contributed by atoms with Gasteiger partial charge in [0.25, 0.3) is 0 Å². The lowest BCUT2D eigenvalue weighted by molar-refractivity contribution is 0.268. The lowest BCUT2D eigenvalue weighted by Crippen LogP contribution is -2.22. The van der Waals surface area contributed by atoms with Crippen LogP contribution in [0.25, 0.3) is 5.57 Å². The molecule has 1 heterocycles. The summed E-state index contributed by atoms with van der Waals surface area (Å²) in [5.41, 5.74) is 3.76. The Morgan fingerprint density at radius 2 is 1.94 bits per heavy atom. The first-order valence-electron chi connectivity index (χ1n) is 5.81. The van der Waals surface area contributed by atoms with Gasteiger partial charge in [0.1, 0.15) is 0 Å². The molecule has 1 aliphatic rings. The van der Waals surface area contributed by atoms with Crippen LogP contribution in [0.3, 0.4) is 0 Å². The molecule has 0 N–H and O–H groups in total. The van der Waals surface area contributed by atoms with E-state index in [1.54, 1.807) is 0 Å². The van der Waals surface area contributed by atoms with Gasteiger partial charge in [-0.25, -0.2) is 0 Å². The van der Waals surface area contributed by atoms with Gasteiger partial charge >= 0.3 is 0 Å². The Morgan fingerprint density at radius 3 is 2.44 bits per heavy atom. The van der Waals surface area contributed by atoms with Crippen LogP contribution in [0.4, 0.5) is 0 Å². The molecule has 0 saturated carbocycles. The first-order valence-corrected chi connectivity index (χ1v) is 5.81. The number of nitrogens with zero attached hydrogens (tertiary/aromatic N) is 2. The molecule has 86 valence electrons. The molecule has 1 fully saturated rings. The van der Waals surface area contributed by atoms with Crippen molar-refractivity contribution < 1.29 is 0 Å². The number of rotatable bonds is 3. The fraction of sp³-hybridized carbons (Fsp3) is 0.429. The van der Waals surface area contributed by atoms with Crippen molar-refractivity contribution in [2.24, 2.45) is 0 Å². The van der Waals surface area contributed by atoms with E-state index < -0.39 is 0 Å². The van der Waals surface area contributed by atoms with Gasteiger partial charge in [0.2, 0.25) is 0 Å². The van der Waals surface area contributed by atoms with Crippen molar-refractivity contribution in [1.29, 1.82) is 0 Å². The largest absolute Gasteiger partial charge is 0.292 e. The van der Waals surface area contributed by atoms with E-state index >= 15 is 0 Å². The third-order valence-electron chi connectivity index (χ3n) is 3.09. The van der Waals surface area contributed by atoms with Crippen molar-refractivity contribution in [1.82, 2.24) is 9.80 Å². The molecular weight excluding hydrogens is 196 g/mol. The molecule has 1 aromatic rings. The molecule has 1 saturated heterocycles. The van der Waals surface area contributed by atoms with Gasteiger partial charge in [0.05, 0.1) is 6.67 Å². The molecule has 0 radical (unpaired) electrons. The summed E-state index contributed by atoms with van der Waals surface area (Å²) in [5, 5.41) is 0. The minimum atomic E-state index is 1.06. The average Bonchev–Trinajstić information content (AvgIpc) is 2.65. The molecular formula is C14H20N2. The maximum Gasteiger partial charge on any atom is 0.0507 e. The number of hydrogen-bond donors (Lipinski definition) is 0. The molecule has 2 nitrogen and oxygen atoms in total. The Balaban J connectivity index is 1.97. The molecule has 1 aliphatic heterocycles. The van der Waals surface area contributed by atoms with Crippen LogP contribution in [0.2, 0.25) is 0 Å². The molecule has 0 aromatic heterocycles. The molecule has 0 atom stereocenters. The van der Waals surface area contributed by atoms with E-state index in [2.05, 4.69) is 47.7 Å². The van der Waals surface area contributed by atoms with Gasteiger partial charge in [-0.1, -0.05) is 36.4 Å². The second-order valence-corrected chi connectivity index (χ2v) is 4.75. The van der Waals surface area contributed by atoms with Crippen LogP contribution in [-0.4, -0.2) is 36.6 Å². The highest BCUT2D eigenvalue weighted by molar-refractivity contribution is 5.61. The number of allylic oxidation sites excluding steroid dienone is 1. The normalized spacial score (nSPS) is 17.9. The predicted molar refractivity (Wildman–Crippen MR) is 69.1 cm³/mol. The summed E-state index contributed by atoms with van der Waals surface area (Å²) in [7, 11) is 2.17. The maximum absolute atomic E-state index is 3.95. The van der Waals surface area contributed by atoms with Crippen LogP contribution < -0.4 is 0 Å². The molecule has 1 aromatic carbocycles. The van der Waals surface area contributed by atoms with E-state index in [4.69, 9.17) is 0 Å². The minimum absolute atomic E-state index is 1.06. The molecule has 0 spiro atoms. The van der Waals surface area contributed by atoms with Crippen molar-refractivity contribution in [3.05, 3.63) is 42.0 Å². The van der Waals surface area contributed by atoms with Gasteiger partial charge in [0.15, 0.2) is 0 Å². The predicted octanol–water partition coefficient (Wildman–Crippen LogP) is 2.42. The van der Waals surface area contributed by atoms with E-state index in [0.29, 0.717) is 0 Å². The van der Waals surface area contributed by atoms with E-state index in [-0.39, 0.29) is 0 Å². The van der Waals surface area contributed by atoms with Crippen LogP contribution in [0.5, 0.6) is 0 Å².